The second kappa shape index (κ2) is 6.71. The third-order valence-electron chi connectivity index (χ3n) is 2.81. The van der Waals surface area contributed by atoms with Crippen molar-refractivity contribution in [1.82, 2.24) is 5.43 Å². The summed E-state index contributed by atoms with van der Waals surface area (Å²) in [5, 5.41) is 13.7. The Kier molecular flexibility index (Phi) is 4.73. The van der Waals surface area contributed by atoms with Crippen molar-refractivity contribution < 1.29 is 9.84 Å². The van der Waals surface area contributed by atoms with Gasteiger partial charge in [0.1, 0.15) is 11.5 Å². The lowest BCUT2D eigenvalue weighted by Crippen LogP contribution is -2.23. The Morgan fingerprint density at radius 2 is 2.05 bits per heavy atom. The highest BCUT2D eigenvalue weighted by molar-refractivity contribution is 7.80. The van der Waals surface area contributed by atoms with Crippen LogP contribution in [-0.4, -0.2) is 23.5 Å². The molecule has 4 N–H and O–H groups in total. The average Bonchev–Trinajstić information content (AvgIpc) is 2.49. The third kappa shape index (κ3) is 3.93. The molecule has 5 nitrogen and oxygen atoms in total. The van der Waals surface area contributed by atoms with E-state index in [-0.39, 0.29) is 10.9 Å². The minimum atomic E-state index is 0.0645. The van der Waals surface area contributed by atoms with Crippen molar-refractivity contribution >= 4 is 23.5 Å². The molecule has 0 aliphatic rings. The average molecular weight is 301 g/mol. The van der Waals surface area contributed by atoms with E-state index in [0.29, 0.717) is 5.56 Å². The van der Waals surface area contributed by atoms with E-state index >= 15 is 0 Å². The van der Waals surface area contributed by atoms with Gasteiger partial charge in [-0.3, -0.25) is 5.43 Å². The summed E-state index contributed by atoms with van der Waals surface area (Å²) < 4.78 is 5.21. The molecule has 0 aliphatic carbocycles. The van der Waals surface area contributed by atoms with Crippen LogP contribution in [0.2, 0.25) is 0 Å². The van der Waals surface area contributed by atoms with Crippen LogP contribution in [0.25, 0.3) is 11.1 Å². The number of hydrogen-bond donors (Lipinski definition) is 3. The number of benzene rings is 2. The molecular formula is C15H15N3O2S. The smallest absolute Gasteiger partial charge is 0.184 e. The predicted octanol–water partition coefficient (Wildman–Crippen LogP) is 2.23. The quantitative estimate of drug-likeness (QED) is 0.458. The zero-order valence-corrected chi connectivity index (χ0v) is 12.2. The van der Waals surface area contributed by atoms with Gasteiger partial charge in [0.25, 0.3) is 0 Å². The number of nitrogens with two attached hydrogens (primary N) is 1. The van der Waals surface area contributed by atoms with Crippen LogP contribution >= 0.6 is 12.2 Å². The van der Waals surface area contributed by atoms with Crippen LogP contribution in [-0.2, 0) is 0 Å². The summed E-state index contributed by atoms with van der Waals surface area (Å²) in [5.74, 6) is 0.890. The van der Waals surface area contributed by atoms with Crippen molar-refractivity contribution in [2.75, 3.05) is 7.11 Å². The largest absolute Gasteiger partial charge is 0.507 e. The fraction of sp³-hybridized carbons (Fsp3) is 0.0667. The molecule has 0 fully saturated rings. The number of ether oxygens (including phenoxy) is 1. The SMILES string of the molecule is COc1cccc(-c2ccc(O)c(/C=N/NC(N)=S)c2)c1. The van der Waals surface area contributed by atoms with Gasteiger partial charge in [-0.25, -0.2) is 0 Å². The highest BCUT2D eigenvalue weighted by atomic mass is 32.1. The summed E-state index contributed by atoms with van der Waals surface area (Å²) in [6.07, 6.45) is 1.46. The van der Waals surface area contributed by atoms with Gasteiger partial charge < -0.3 is 15.6 Å². The molecule has 6 heteroatoms. The molecule has 0 saturated heterocycles. The molecule has 0 atom stereocenters. The van der Waals surface area contributed by atoms with Crippen molar-refractivity contribution in [3.63, 3.8) is 0 Å². The molecule has 0 saturated carbocycles. The summed E-state index contributed by atoms with van der Waals surface area (Å²) in [5.41, 5.74) is 10.2. The van der Waals surface area contributed by atoms with Gasteiger partial charge in [-0.2, -0.15) is 5.10 Å². The first kappa shape index (κ1) is 14.8. The van der Waals surface area contributed by atoms with Crippen LogP contribution in [0, 0.1) is 0 Å². The number of thiocarbonyl (C=S) groups is 1. The Bertz CT molecular complexity index is 686. The molecule has 2 aromatic rings. The van der Waals surface area contributed by atoms with Gasteiger partial charge in [0.15, 0.2) is 5.11 Å². The number of nitrogens with zero attached hydrogens (tertiary/aromatic N) is 1. The number of hydrazone groups is 1. The molecular weight excluding hydrogens is 286 g/mol. The molecule has 0 radical (unpaired) electrons. The molecule has 0 unspecified atom stereocenters. The minimum Gasteiger partial charge on any atom is -0.507 e. The fourth-order valence-electron chi connectivity index (χ4n) is 1.81. The molecule has 108 valence electrons. The Morgan fingerprint density at radius 3 is 2.76 bits per heavy atom. The van der Waals surface area contributed by atoms with E-state index in [2.05, 4.69) is 22.7 Å². The van der Waals surface area contributed by atoms with Crippen LogP contribution in [0.4, 0.5) is 0 Å². The third-order valence-corrected chi connectivity index (χ3v) is 2.90. The Hall–Kier alpha value is -2.60. The van der Waals surface area contributed by atoms with Crippen molar-refractivity contribution in [3.8, 4) is 22.6 Å². The van der Waals surface area contributed by atoms with E-state index in [1.807, 2.05) is 36.4 Å². The number of aromatic hydroxyl groups is 1. The Balaban J connectivity index is 2.33. The van der Waals surface area contributed by atoms with Crippen LogP contribution < -0.4 is 15.9 Å². The minimum absolute atomic E-state index is 0.0645. The molecule has 2 rings (SSSR count). The number of methoxy groups -OCH3 is 1. The normalized spacial score (nSPS) is 10.5. The fourth-order valence-corrected chi connectivity index (χ4v) is 1.86. The monoisotopic (exact) mass is 301 g/mol. The number of nitrogens with one attached hydrogen (secondary N) is 1. The summed E-state index contributed by atoms with van der Waals surface area (Å²) in [7, 11) is 1.62. The first-order valence-electron chi connectivity index (χ1n) is 6.16. The molecule has 0 spiro atoms. The lowest BCUT2D eigenvalue weighted by molar-refractivity contribution is 0.415. The first-order chi connectivity index (χ1) is 10.1. The standard InChI is InChI=1S/C15H15N3O2S/c1-20-13-4-2-3-10(8-13)11-5-6-14(19)12(7-11)9-17-18-15(16)21/h2-9,19H,1H3,(H3,16,18,21)/b17-9+. The van der Waals surface area contributed by atoms with Gasteiger partial charge in [-0.15, -0.1) is 0 Å². The zero-order chi connectivity index (χ0) is 15.2. The Labute approximate surface area is 128 Å². The van der Waals surface area contributed by atoms with Gasteiger partial charge in [0.2, 0.25) is 0 Å². The summed E-state index contributed by atoms with van der Waals surface area (Å²) in [4.78, 5) is 0. The van der Waals surface area contributed by atoms with Crippen molar-refractivity contribution in [1.29, 1.82) is 0 Å². The van der Waals surface area contributed by atoms with Crippen LogP contribution in [0.3, 0.4) is 0 Å². The molecule has 21 heavy (non-hydrogen) atoms. The maximum Gasteiger partial charge on any atom is 0.184 e. The van der Waals surface area contributed by atoms with Crippen LogP contribution in [0.15, 0.2) is 47.6 Å². The van der Waals surface area contributed by atoms with Crippen LogP contribution in [0.5, 0.6) is 11.5 Å². The van der Waals surface area contributed by atoms with E-state index in [1.165, 1.54) is 6.21 Å². The second-order valence-corrected chi connectivity index (χ2v) is 4.68. The lowest BCUT2D eigenvalue weighted by atomic mass is 10.0. The van der Waals surface area contributed by atoms with Gasteiger partial charge in [-0.1, -0.05) is 18.2 Å². The molecule has 2 aromatic carbocycles. The molecule has 0 amide bonds. The topological polar surface area (TPSA) is 79.9 Å². The van der Waals surface area contributed by atoms with Crippen molar-refractivity contribution in [3.05, 3.63) is 48.0 Å². The molecule has 0 bridgehead atoms. The van der Waals surface area contributed by atoms with Gasteiger partial charge >= 0.3 is 0 Å². The first-order valence-corrected chi connectivity index (χ1v) is 6.57. The predicted molar refractivity (Wildman–Crippen MR) is 87.6 cm³/mol. The summed E-state index contributed by atoms with van der Waals surface area (Å²) in [6.45, 7) is 0. The number of hydrogen-bond acceptors (Lipinski definition) is 4. The second-order valence-electron chi connectivity index (χ2n) is 4.24. The maximum absolute atomic E-state index is 9.84. The van der Waals surface area contributed by atoms with Gasteiger partial charge in [0.05, 0.1) is 13.3 Å². The molecule has 0 aromatic heterocycles. The number of phenols is 1. The summed E-state index contributed by atoms with van der Waals surface area (Å²) >= 11 is 4.65. The highest BCUT2D eigenvalue weighted by Gasteiger charge is 2.04. The van der Waals surface area contributed by atoms with Gasteiger partial charge in [-0.05, 0) is 47.6 Å². The molecule has 0 aliphatic heterocycles. The Morgan fingerprint density at radius 1 is 1.29 bits per heavy atom. The van der Waals surface area contributed by atoms with E-state index in [4.69, 9.17) is 10.5 Å². The van der Waals surface area contributed by atoms with Crippen LogP contribution in [0.1, 0.15) is 5.56 Å². The lowest BCUT2D eigenvalue weighted by Gasteiger charge is -2.07. The number of rotatable bonds is 4. The van der Waals surface area contributed by atoms with Crippen molar-refractivity contribution in [2.45, 2.75) is 0 Å². The highest BCUT2D eigenvalue weighted by Crippen LogP contribution is 2.27. The maximum atomic E-state index is 9.84. The van der Waals surface area contributed by atoms with E-state index in [9.17, 15) is 5.11 Å². The summed E-state index contributed by atoms with van der Waals surface area (Å²) in [6, 6.07) is 12.9. The zero-order valence-electron chi connectivity index (χ0n) is 11.4. The van der Waals surface area contributed by atoms with E-state index < -0.39 is 0 Å². The van der Waals surface area contributed by atoms with Crippen molar-refractivity contribution in [2.24, 2.45) is 10.8 Å². The molecule has 0 heterocycles. The van der Waals surface area contributed by atoms with E-state index in [1.54, 1.807) is 13.2 Å². The number of phenolic OH excluding ortho intramolecular Hbond substituents is 1. The van der Waals surface area contributed by atoms with E-state index in [0.717, 1.165) is 16.9 Å². The van der Waals surface area contributed by atoms with Gasteiger partial charge in [0, 0.05) is 5.56 Å².